The van der Waals surface area contributed by atoms with E-state index >= 15 is 0 Å². The fourth-order valence-corrected chi connectivity index (χ4v) is 1.18. The second-order valence-electron chi connectivity index (χ2n) is 3.63. The molecule has 0 N–H and O–H groups in total. The molecule has 0 atom stereocenters. The monoisotopic (exact) mass is 286 g/mol. The van der Waals surface area contributed by atoms with Crippen molar-refractivity contribution < 1.29 is 22.6 Å². The van der Waals surface area contributed by atoms with Crippen LogP contribution < -0.4 is 9.47 Å². The highest BCUT2D eigenvalue weighted by atomic mass is 19.4. The largest absolute Gasteiger partial charge is 0.485 e. The maximum atomic E-state index is 11.9. The Bertz CT molecular complexity index is 534. The lowest BCUT2D eigenvalue weighted by Gasteiger charge is -2.08. The summed E-state index contributed by atoms with van der Waals surface area (Å²) in [5, 5.41) is 14.4. The topological polar surface area (TPSA) is 70.0 Å². The third kappa shape index (κ3) is 4.67. The van der Waals surface area contributed by atoms with Gasteiger partial charge in [-0.25, -0.2) is 0 Å². The first-order chi connectivity index (χ1) is 9.53. The zero-order valence-electron chi connectivity index (χ0n) is 10.0. The molecule has 2 rings (SSSR count). The molecule has 2 aromatic heterocycles. The van der Waals surface area contributed by atoms with E-state index < -0.39 is 12.8 Å². The predicted molar refractivity (Wildman–Crippen MR) is 59.9 cm³/mol. The van der Waals surface area contributed by atoms with Crippen molar-refractivity contribution >= 4 is 0 Å². The lowest BCUT2D eigenvalue weighted by molar-refractivity contribution is -0.154. The van der Waals surface area contributed by atoms with Gasteiger partial charge in [-0.05, 0) is 6.07 Å². The molecule has 0 fully saturated rings. The molecule has 0 saturated carbocycles. The van der Waals surface area contributed by atoms with Gasteiger partial charge in [0.25, 0.3) is 0 Å². The van der Waals surface area contributed by atoms with E-state index in [2.05, 4.69) is 25.1 Å². The summed E-state index contributed by atoms with van der Waals surface area (Å²) in [6, 6.07) is 4.37. The van der Waals surface area contributed by atoms with Crippen LogP contribution in [0.5, 0.6) is 11.6 Å². The van der Waals surface area contributed by atoms with Crippen LogP contribution in [0, 0.1) is 0 Å². The van der Waals surface area contributed by atoms with E-state index in [-0.39, 0.29) is 12.5 Å². The minimum Gasteiger partial charge on any atom is -0.485 e. The smallest absolute Gasteiger partial charge is 0.422 e. The first kappa shape index (κ1) is 14.0. The average Bonchev–Trinajstić information content (AvgIpc) is 2.44. The molecular weight excluding hydrogens is 277 g/mol. The van der Waals surface area contributed by atoms with E-state index in [4.69, 9.17) is 4.74 Å². The molecule has 0 aliphatic rings. The summed E-state index contributed by atoms with van der Waals surface area (Å²) in [5.74, 6) is 0.302. The zero-order chi connectivity index (χ0) is 14.4. The van der Waals surface area contributed by atoms with E-state index in [0.717, 1.165) is 0 Å². The normalized spacial score (nSPS) is 11.2. The number of alkyl halides is 3. The van der Waals surface area contributed by atoms with Gasteiger partial charge in [0.1, 0.15) is 18.1 Å². The van der Waals surface area contributed by atoms with E-state index in [1.165, 1.54) is 24.5 Å². The van der Waals surface area contributed by atoms with Gasteiger partial charge in [-0.15, -0.1) is 10.2 Å². The van der Waals surface area contributed by atoms with Crippen molar-refractivity contribution in [2.45, 2.75) is 12.8 Å². The molecule has 20 heavy (non-hydrogen) atoms. The van der Waals surface area contributed by atoms with Crippen LogP contribution in [-0.2, 0) is 6.61 Å². The number of halogens is 3. The van der Waals surface area contributed by atoms with Crippen molar-refractivity contribution in [2.24, 2.45) is 0 Å². The highest BCUT2D eigenvalue weighted by molar-refractivity contribution is 5.15. The number of nitrogens with zero attached hydrogens (tertiary/aromatic N) is 4. The molecule has 2 aromatic rings. The summed E-state index contributed by atoms with van der Waals surface area (Å²) in [4.78, 5) is 0. The number of rotatable bonds is 5. The zero-order valence-corrected chi connectivity index (χ0v) is 10.0. The molecule has 9 heteroatoms. The minimum atomic E-state index is -4.40. The molecule has 0 aliphatic heterocycles. The summed E-state index contributed by atoms with van der Waals surface area (Å²) >= 11 is 0. The van der Waals surface area contributed by atoms with Gasteiger partial charge in [0.2, 0.25) is 5.88 Å². The number of aromatic nitrogens is 4. The fourth-order valence-electron chi connectivity index (χ4n) is 1.18. The average molecular weight is 286 g/mol. The van der Waals surface area contributed by atoms with E-state index in [0.29, 0.717) is 11.4 Å². The van der Waals surface area contributed by atoms with Gasteiger partial charge in [-0.2, -0.15) is 23.4 Å². The van der Waals surface area contributed by atoms with Crippen molar-refractivity contribution in [1.29, 1.82) is 0 Å². The summed E-state index contributed by atoms with van der Waals surface area (Å²) in [6.07, 6.45) is -1.51. The Labute approximate surface area is 111 Å². The van der Waals surface area contributed by atoms with E-state index in [1.54, 1.807) is 6.07 Å². The Morgan fingerprint density at radius 3 is 2.45 bits per heavy atom. The van der Waals surface area contributed by atoms with Gasteiger partial charge in [0.15, 0.2) is 6.61 Å². The molecule has 0 aliphatic carbocycles. The molecule has 106 valence electrons. The standard InChI is InChI=1S/C11H9F3N4O2/c12-11(13,14)7-20-10-2-1-8(17-18-10)6-19-9-3-4-15-16-5-9/h1-5H,6-7H2. The number of hydrogen-bond donors (Lipinski definition) is 0. The van der Waals surface area contributed by atoms with Gasteiger partial charge < -0.3 is 9.47 Å². The highest BCUT2D eigenvalue weighted by Crippen LogP contribution is 2.16. The van der Waals surface area contributed by atoms with Crippen LogP contribution in [-0.4, -0.2) is 33.2 Å². The highest BCUT2D eigenvalue weighted by Gasteiger charge is 2.28. The number of ether oxygens (including phenoxy) is 2. The predicted octanol–water partition coefficient (Wildman–Crippen LogP) is 1.79. The van der Waals surface area contributed by atoms with Crippen molar-refractivity contribution in [3.05, 3.63) is 36.3 Å². The summed E-state index contributed by atoms with van der Waals surface area (Å²) in [6.45, 7) is -1.29. The molecule has 0 radical (unpaired) electrons. The Morgan fingerprint density at radius 2 is 1.85 bits per heavy atom. The third-order valence-corrected chi connectivity index (χ3v) is 2.02. The molecule has 0 aromatic carbocycles. The maximum absolute atomic E-state index is 11.9. The second kappa shape index (κ2) is 6.13. The Kier molecular flexibility index (Phi) is 4.28. The third-order valence-electron chi connectivity index (χ3n) is 2.02. The van der Waals surface area contributed by atoms with E-state index in [9.17, 15) is 13.2 Å². The van der Waals surface area contributed by atoms with Gasteiger partial charge in [-0.3, -0.25) is 0 Å². The quantitative estimate of drug-likeness (QED) is 0.834. The first-order valence-electron chi connectivity index (χ1n) is 5.44. The van der Waals surface area contributed by atoms with Crippen LogP contribution in [0.25, 0.3) is 0 Å². The summed E-state index contributed by atoms with van der Waals surface area (Å²) in [7, 11) is 0. The van der Waals surface area contributed by atoms with E-state index in [1.807, 2.05) is 0 Å². The van der Waals surface area contributed by atoms with Gasteiger partial charge >= 0.3 is 6.18 Å². The van der Waals surface area contributed by atoms with Crippen LogP contribution in [0.15, 0.2) is 30.6 Å². The van der Waals surface area contributed by atoms with Crippen LogP contribution in [0.4, 0.5) is 13.2 Å². The molecule has 2 heterocycles. The summed E-state index contributed by atoms with van der Waals surface area (Å²) < 4.78 is 45.5. The molecule has 0 saturated heterocycles. The van der Waals surface area contributed by atoms with Crippen LogP contribution in [0.1, 0.15) is 5.69 Å². The van der Waals surface area contributed by atoms with Crippen molar-refractivity contribution in [2.75, 3.05) is 6.61 Å². The second-order valence-corrected chi connectivity index (χ2v) is 3.63. The Balaban J connectivity index is 1.85. The first-order valence-corrected chi connectivity index (χ1v) is 5.44. The van der Waals surface area contributed by atoms with Gasteiger partial charge in [-0.1, -0.05) is 0 Å². The Morgan fingerprint density at radius 1 is 1.00 bits per heavy atom. The molecule has 0 unspecified atom stereocenters. The molecule has 0 spiro atoms. The minimum absolute atomic E-state index is 0.109. The van der Waals surface area contributed by atoms with Crippen molar-refractivity contribution in [3.63, 3.8) is 0 Å². The molecule has 0 bridgehead atoms. The van der Waals surface area contributed by atoms with Gasteiger partial charge in [0.05, 0.1) is 12.4 Å². The molecular formula is C11H9F3N4O2. The molecule has 0 amide bonds. The van der Waals surface area contributed by atoms with Crippen LogP contribution >= 0.6 is 0 Å². The van der Waals surface area contributed by atoms with Crippen LogP contribution in [0.2, 0.25) is 0 Å². The number of hydrogen-bond acceptors (Lipinski definition) is 6. The summed E-state index contributed by atoms with van der Waals surface area (Å²) in [5.41, 5.74) is 0.446. The Hall–Kier alpha value is -2.45. The SMILES string of the molecule is FC(F)(F)COc1ccc(COc2ccnnc2)nn1. The van der Waals surface area contributed by atoms with Crippen molar-refractivity contribution in [1.82, 2.24) is 20.4 Å². The van der Waals surface area contributed by atoms with Crippen LogP contribution in [0.3, 0.4) is 0 Å². The maximum Gasteiger partial charge on any atom is 0.422 e. The fraction of sp³-hybridized carbons (Fsp3) is 0.273. The van der Waals surface area contributed by atoms with Gasteiger partial charge in [0, 0.05) is 12.1 Å². The lowest BCUT2D eigenvalue weighted by Crippen LogP contribution is -2.19. The lowest BCUT2D eigenvalue weighted by atomic mass is 10.4. The molecule has 6 nitrogen and oxygen atoms in total. The van der Waals surface area contributed by atoms with Crippen molar-refractivity contribution in [3.8, 4) is 11.6 Å².